The van der Waals surface area contributed by atoms with Crippen LogP contribution < -0.4 is 15.6 Å². The Bertz CT molecular complexity index is 1580. The molecule has 2 atom stereocenters. The molecule has 1 saturated carbocycles. The fourth-order valence-corrected chi connectivity index (χ4v) is 6.63. The minimum atomic E-state index is -0.646. The van der Waals surface area contributed by atoms with E-state index in [4.69, 9.17) is 28.9 Å². The summed E-state index contributed by atoms with van der Waals surface area (Å²) in [6.07, 6.45) is 4.91. The highest BCUT2D eigenvalue weighted by Crippen LogP contribution is 2.38. The molecule has 2 saturated heterocycles. The minimum absolute atomic E-state index is 0.0214. The molecule has 3 aromatic heterocycles. The first-order chi connectivity index (χ1) is 20.5. The Morgan fingerprint density at radius 1 is 1.00 bits per heavy atom. The standard InChI is InChI=1S/C30H38N8O4/c1-19-8-10-21(11-9-19)17-38-24-25(33-29(38)37-13-14-40-18-23(37)22-6-4-3-5-7-22)31-26(27-34-30(39)42-35-27)32-28(24)36-12-15-41-20(2)16-36/h3-7,19-21,23H,8-18H2,1-2H3,(H,34,35,39). The van der Waals surface area contributed by atoms with Crippen molar-refractivity contribution in [2.45, 2.75) is 58.2 Å². The van der Waals surface area contributed by atoms with Crippen molar-refractivity contribution in [3.63, 3.8) is 0 Å². The molecule has 12 heteroatoms. The highest BCUT2D eigenvalue weighted by Gasteiger charge is 2.33. The van der Waals surface area contributed by atoms with Crippen molar-refractivity contribution < 1.29 is 14.0 Å². The van der Waals surface area contributed by atoms with Gasteiger partial charge in [0.25, 0.3) is 0 Å². The Kier molecular flexibility index (Phi) is 7.41. The molecule has 1 N–H and O–H groups in total. The zero-order valence-electron chi connectivity index (χ0n) is 24.2. The van der Waals surface area contributed by atoms with Gasteiger partial charge in [-0.05, 0) is 37.2 Å². The van der Waals surface area contributed by atoms with E-state index in [2.05, 4.69) is 62.6 Å². The van der Waals surface area contributed by atoms with Crippen LogP contribution in [0.3, 0.4) is 0 Å². The molecule has 0 spiro atoms. The molecule has 1 aromatic carbocycles. The topological polar surface area (TPSA) is 127 Å². The Morgan fingerprint density at radius 2 is 1.83 bits per heavy atom. The number of benzene rings is 1. The van der Waals surface area contributed by atoms with E-state index in [0.29, 0.717) is 51.0 Å². The first kappa shape index (κ1) is 27.1. The molecular weight excluding hydrogens is 536 g/mol. The van der Waals surface area contributed by atoms with Crippen molar-refractivity contribution in [2.24, 2.45) is 11.8 Å². The predicted molar refractivity (Wildman–Crippen MR) is 158 cm³/mol. The maximum atomic E-state index is 11.8. The SMILES string of the molecule is CC1CCC(Cn2c(N3CCOCC3c3ccccc3)nc3nc(-c4noc(=O)[nH]4)nc(N4CCOC(C)C4)c32)CC1. The number of imidazole rings is 1. The molecule has 222 valence electrons. The molecule has 4 aromatic rings. The van der Waals surface area contributed by atoms with Gasteiger partial charge in [-0.3, -0.25) is 9.51 Å². The summed E-state index contributed by atoms with van der Waals surface area (Å²) in [5, 5.41) is 3.89. The highest BCUT2D eigenvalue weighted by atomic mass is 16.5. The highest BCUT2D eigenvalue weighted by molar-refractivity contribution is 5.88. The van der Waals surface area contributed by atoms with Gasteiger partial charge in [-0.2, -0.15) is 4.98 Å². The average molecular weight is 575 g/mol. The largest absolute Gasteiger partial charge is 0.439 e. The number of hydrogen-bond acceptors (Lipinski definition) is 10. The third-order valence-electron chi connectivity index (χ3n) is 8.90. The first-order valence-electron chi connectivity index (χ1n) is 15.1. The minimum Gasteiger partial charge on any atom is -0.377 e. The molecule has 3 aliphatic rings. The number of anilines is 2. The normalized spacial score (nSPS) is 25.3. The van der Waals surface area contributed by atoms with Gasteiger partial charge in [0, 0.05) is 26.2 Å². The summed E-state index contributed by atoms with van der Waals surface area (Å²) in [6, 6.07) is 10.5. The number of aromatic nitrogens is 6. The van der Waals surface area contributed by atoms with Crippen LogP contribution in [0.4, 0.5) is 11.8 Å². The van der Waals surface area contributed by atoms with E-state index in [1.54, 1.807) is 0 Å². The lowest BCUT2D eigenvalue weighted by Crippen LogP contribution is -2.42. The first-order valence-corrected chi connectivity index (χ1v) is 15.1. The Morgan fingerprint density at radius 3 is 2.60 bits per heavy atom. The monoisotopic (exact) mass is 574 g/mol. The number of morpholine rings is 2. The van der Waals surface area contributed by atoms with Crippen LogP contribution in [-0.2, 0) is 16.0 Å². The lowest BCUT2D eigenvalue weighted by atomic mass is 9.83. The van der Waals surface area contributed by atoms with Crippen molar-refractivity contribution in [2.75, 3.05) is 49.3 Å². The van der Waals surface area contributed by atoms with Gasteiger partial charge in [0.05, 0.1) is 32.0 Å². The molecule has 0 bridgehead atoms. The van der Waals surface area contributed by atoms with E-state index in [1.807, 2.05) is 6.07 Å². The number of nitrogens with one attached hydrogen (secondary N) is 1. The Balaban J connectivity index is 1.41. The fourth-order valence-electron chi connectivity index (χ4n) is 6.63. The molecule has 2 unspecified atom stereocenters. The van der Waals surface area contributed by atoms with Crippen LogP contribution in [0.2, 0.25) is 0 Å². The maximum absolute atomic E-state index is 11.8. The number of nitrogens with zero attached hydrogens (tertiary/aromatic N) is 7. The van der Waals surface area contributed by atoms with Crippen molar-refractivity contribution in [3.8, 4) is 11.6 Å². The lowest BCUT2D eigenvalue weighted by Gasteiger charge is -2.38. The molecule has 7 rings (SSSR count). The Hall–Kier alpha value is -3.77. The molecule has 0 amide bonds. The van der Waals surface area contributed by atoms with Gasteiger partial charge in [0.2, 0.25) is 17.6 Å². The second kappa shape index (κ2) is 11.5. The molecule has 1 aliphatic carbocycles. The quantitative estimate of drug-likeness (QED) is 0.363. The molecule has 42 heavy (non-hydrogen) atoms. The average Bonchev–Trinajstić information content (AvgIpc) is 3.62. The second-order valence-electron chi connectivity index (χ2n) is 12.0. The number of ether oxygens (including phenoxy) is 2. The van der Waals surface area contributed by atoms with Crippen LogP contribution in [-0.4, -0.2) is 75.2 Å². The summed E-state index contributed by atoms with van der Waals surface area (Å²) in [4.78, 5) is 34.2. The number of aromatic amines is 1. The maximum Gasteiger partial charge on any atom is 0.439 e. The van der Waals surface area contributed by atoms with Crippen LogP contribution in [0.15, 0.2) is 39.6 Å². The summed E-state index contributed by atoms with van der Waals surface area (Å²) >= 11 is 0. The molecule has 5 heterocycles. The zero-order valence-corrected chi connectivity index (χ0v) is 24.2. The molecule has 3 fully saturated rings. The molecule has 0 radical (unpaired) electrons. The summed E-state index contributed by atoms with van der Waals surface area (Å²) in [6.45, 7) is 9.17. The fraction of sp³-hybridized carbons (Fsp3) is 0.567. The summed E-state index contributed by atoms with van der Waals surface area (Å²) in [5.74, 6) is 2.79. The summed E-state index contributed by atoms with van der Waals surface area (Å²) in [5.41, 5.74) is 2.68. The van der Waals surface area contributed by atoms with Gasteiger partial charge in [-0.25, -0.2) is 14.8 Å². The molecule has 12 nitrogen and oxygen atoms in total. The van der Waals surface area contributed by atoms with E-state index in [0.717, 1.165) is 29.7 Å². The van der Waals surface area contributed by atoms with Crippen LogP contribution >= 0.6 is 0 Å². The van der Waals surface area contributed by atoms with Crippen LogP contribution in [0.5, 0.6) is 0 Å². The van der Waals surface area contributed by atoms with E-state index < -0.39 is 5.76 Å². The van der Waals surface area contributed by atoms with Crippen LogP contribution in [0.1, 0.15) is 51.1 Å². The van der Waals surface area contributed by atoms with Crippen LogP contribution in [0.25, 0.3) is 22.8 Å². The van der Waals surface area contributed by atoms with Crippen molar-refractivity contribution in [1.29, 1.82) is 0 Å². The van der Waals surface area contributed by atoms with Gasteiger partial charge in [-0.15, -0.1) is 0 Å². The van der Waals surface area contributed by atoms with Gasteiger partial charge < -0.3 is 23.8 Å². The van der Waals surface area contributed by atoms with Gasteiger partial charge in [-0.1, -0.05) is 55.3 Å². The predicted octanol–water partition coefficient (Wildman–Crippen LogP) is 3.80. The van der Waals surface area contributed by atoms with Gasteiger partial charge in [0.1, 0.15) is 5.52 Å². The lowest BCUT2D eigenvalue weighted by molar-refractivity contribution is 0.0530. The van der Waals surface area contributed by atoms with E-state index >= 15 is 0 Å². The Labute approximate surface area is 244 Å². The van der Waals surface area contributed by atoms with Crippen molar-refractivity contribution >= 4 is 22.9 Å². The van der Waals surface area contributed by atoms with Crippen molar-refractivity contribution in [1.82, 2.24) is 29.7 Å². The van der Waals surface area contributed by atoms with Gasteiger partial charge >= 0.3 is 5.76 Å². The van der Waals surface area contributed by atoms with Gasteiger partial charge in [0.15, 0.2) is 11.5 Å². The third kappa shape index (κ3) is 5.29. The van der Waals surface area contributed by atoms with E-state index in [9.17, 15) is 4.79 Å². The van der Waals surface area contributed by atoms with Crippen molar-refractivity contribution in [3.05, 3.63) is 46.4 Å². The number of fused-ring (bicyclic) bond motifs is 1. The van der Waals surface area contributed by atoms with E-state index in [1.165, 1.54) is 31.2 Å². The zero-order chi connectivity index (χ0) is 28.6. The number of hydrogen-bond donors (Lipinski definition) is 1. The van der Waals surface area contributed by atoms with E-state index in [-0.39, 0.29) is 23.8 Å². The number of rotatable bonds is 6. The smallest absolute Gasteiger partial charge is 0.377 e. The van der Waals surface area contributed by atoms with Crippen LogP contribution in [0, 0.1) is 11.8 Å². The summed E-state index contributed by atoms with van der Waals surface area (Å²) in [7, 11) is 0. The molecule has 2 aliphatic heterocycles. The molecular formula is C30H38N8O4. The summed E-state index contributed by atoms with van der Waals surface area (Å²) < 4.78 is 19.0. The third-order valence-corrected chi connectivity index (χ3v) is 8.90. The number of H-pyrrole nitrogens is 1. The second-order valence-corrected chi connectivity index (χ2v) is 12.0.